The highest BCUT2D eigenvalue weighted by atomic mass is 16.7. The molecule has 1 N–H and O–H groups in total. The number of rotatable bonds is 3. The fourth-order valence-corrected chi connectivity index (χ4v) is 3.40. The van der Waals surface area contributed by atoms with E-state index in [4.69, 9.17) is 14.5 Å². The lowest BCUT2D eigenvalue weighted by molar-refractivity contribution is 0.102. The number of benzene rings is 3. The van der Waals surface area contributed by atoms with Crippen molar-refractivity contribution in [3.05, 3.63) is 83.9 Å². The van der Waals surface area contributed by atoms with Crippen LogP contribution in [0.4, 0.5) is 5.69 Å². The normalized spacial score (nSPS) is 12.2. The number of hydrogen-bond donors (Lipinski definition) is 1. The minimum absolute atomic E-state index is 0.172. The van der Waals surface area contributed by atoms with Crippen LogP contribution in [0.25, 0.3) is 22.2 Å². The first kappa shape index (κ1) is 17.3. The number of anilines is 1. The largest absolute Gasteiger partial charge is 0.454 e. The van der Waals surface area contributed by atoms with Gasteiger partial charge >= 0.3 is 0 Å². The lowest BCUT2D eigenvalue weighted by Gasteiger charge is -2.11. The summed E-state index contributed by atoms with van der Waals surface area (Å²) in [4.78, 5) is 17.9. The summed E-state index contributed by atoms with van der Waals surface area (Å²) < 4.78 is 10.9. The van der Waals surface area contributed by atoms with Gasteiger partial charge in [-0.2, -0.15) is 0 Å². The summed E-state index contributed by atoms with van der Waals surface area (Å²) in [6.07, 6.45) is 0. The molecule has 1 aliphatic rings. The Kier molecular flexibility index (Phi) is 4.13. The number of amides is 1. The van der Waals surface area contributed by atoms with Crippen LogP contribution in [0.3, 0.4) is 0 Å². The molecule has 1 aliphatic heterocycles. The quantitative estimate of drug-likeness (QED) is 0.530. The average Bonchev–Trinajstić information content (AvgIpc) is 3.22. The number of pyridine rings is 1. The van der Waals surface area contributed by atoms with Crippen molar-refractivity contribution in [1.82, 2.24) is 4.98 Å². The maximum absolute atomic E-state index is 13.1. The van der Waals surface area contributed by atoms with Gasteiger partial charge in [-0.15, -0.1) is 0 Å². The Balaban J connectivity index is 1.58. The number of para-hydroxylation sites is 1. The molecule has 0 saturated heterocycles. The maximum Gasteiger partial charge on any atom is 0.256 e. The molecule has 0 spiro atoms. The molecule has 5 nitrogen and oxygen atoms in total. The molecular weight excluding hydrogens is 364 g/mol. The van der Waals surface area contributed by atoms with Crippen LogP contribution in [-0.2, 0) is 0 Å². The highest BCUT2D eigenvalue weighted by molar-refractivity contribution is 6.13. The minimum atomic E-state index is -0.172. The highest BCUT2D eigenvalue weighted by Crippen LogP contribution is 2.36. The van der Waals surface area contributed by atoms with Gasteiger partial charge in [0.05, 0.1) is 16.8 Å². The van der Waals surface area contributed by atoms with Gasteiger partial charge in [-0.05, 0) is 49.4 Å². The van der Waals surface area contributed by atoms with Crippen LogP contribution in [0.2, 0.25) is 0 Å². The second kappa shape index (κ2) is 6.95. The molecule has 2 heterocycles. The molecule has 5 heteroatoms. The number of nitrogens with zero attached hydrogens (tertiary/aromatic N) is 1. The molecule has 0 unspecified atom stereocenters. The van der Waals surface area contributed by atoms with Crippen molar-refractivity contribution in [3.8, 4) is 22.8 Å². The van der Waals surface area contributed by atoms with E-state index in [2.05, 4.69) is 5.32 Å². The van der Waals surface area contributed by atoms with Crippen LogP contribution < -0.4 is 14.8 Å². The first-order valence-corrected chi connectivity index (χ1v) is 9.35. The number of carbonyl (C=O) groups is 1. The minimum Gasteiger partial charge on any atom is -0.454 e. The van der Waals surface area contributed by atoms with E-state index >= 15 is 0 Å². The smallest absolute Gasteiger partial charge is 0.256 e. The van der Waals surface area contributed by atoms with Crippen LogP contribution in [0, 0.1) is 6.92 Å². The number of fused-ring (bicyclic) bond motifs is 2. The Morgan fingerprint density at radius 1 is 0.931 bits per heavy atom. The van der Waals surface area contributed by atoms with E-state index in [0.29, 0.717) is 22.8 Å². The Hall–Kier alpha value is -3.86. The van der Waals surface area contributed by atoms with Gasteiger partial charge in [0.25, 0.3) is 5.91 Å². The summed E-state index contributed by atoms with van der Waals surface area (Å²) >= 11 is 0. The lowest BCUT2D eigenvalue weighted by atomic mass is 10.0. The molecule has 29 heavy (non-hydrogen) atoms. The van der Waals surface area contributed by atoms with E-state index in [1.807, 2.05) is 79.7 Å². The van der Waals surface area contributed by atoms with Gasteiger partial charge in [-0.1, -0.05) is 35.9 Å². The van der Waals surface area contributed by atoms with Crippen molar-refractivity contribution in [2.45, 2.75) is 6.92 Å². The first-order chi connectivity index (χ1) is 14.2. The SMILES string of the molecule is Cc1ccc(NC(=O)c2cc(-c3ccc4c(c3)OCO4)nc3ccccc23)cc1. The Morgan fingerprint density at radius 2 is 1.72 bits per heavy atom. The summed E-state index contributed by atoms with van der Waals surface area (Å²) in [7, 11) is 0. The van der Waals surface area contributed by atoms with Crippen LogP contribution >= 0.6 is 0 Å². The fraction of sp³-hybridized carbons (Fsp3) is 0.0833. The molecule has 0 aliphatic carbocycles. The standard InChI is InChI=1S/C24H18N2O3/c1-15-6-9-17(10-7-15)25-24(27)19-13-21(26-20-5-3-2-4-18(19)20)16-8-11-22-23(12-16)29-14-28-22/h2-13H,14H2,1H3,(H,25,27). The Labute approximate surface area is 167 Å². The third kappa shape index (κ3) is 3.27. The van der Waals surface area contributed by atoms with E-state index in [-0.39, 0.29) is 12.7 Å². The van der Waals surface area contributed by atoms with Gasteiger partial charge < -0.3 is 14.8 Å². The van der Waals surface area contributed by atoms with E-state index in [9.17, 15) is 4.79 Å². The number of nitrogens with one attached hydrogen (secondary N) is 1. The number of ether oxygens (including phenoxy) is 2. The zero-order chi connectivity index (χ0) is 19.8. The second-order valence-corrected chi connectivity index (χ2v) is 6.96. The molecule has 0 bridgehead atoms. The van der Waals surface area contributed by atoms with Gasteiger partial charge in [0.1, 0.15) is 0 Å². The summed E-state index contributed by atoms with van der Waals surface area (Å²) in [6.45, 7) is 2.23. The molecule has 0 radical (unpaired) electrons. The van der Waals surface area contributed by atoms with Crippen molar-refractivity contribution in [2.75, 3.05) is 12.1 Å². The van der Waals surface area contributed by atoms with Gasteiger partial charge in [0.2, 0.25) is 6.79 Å². The predicted octanol–water partition coefficient (Wildman–Crippen LogP) is 5.19. The molecule has 0 fully saturated rings. The number of carbonyl (C=O) groups excluding carboxylic acids is 1. The van der Waals surface area contributed by atoms with Crippen LogP contribution in [-0.4, -0.2) is 17.7 Å². The van der Waals surface area contributed by atoms with E-state index in [1.165, 1.54) is 0 Å². The van der Waals surface area contributed by atoms with Crippen molar-refractivity contribution in [2.24, 2.45) is 0 Å². The molecule has 0 atom stereocenters. The fourth-order valence-electron chi connectivity index (χ4n) is 3.40. The van der Waals surface area contributed by atoms with E-state index in [1.54, 1.807) is 0 Å². The average molecular weight is 382 g/mol. The van der Waals surface area contributed by atoms with Crippen molar-refractivity contribution in [3.63, 3.8) is 0 Å². The molecule has 1 amide bonds. The summed E-state index contributed by atoms with van der Waals surface area (Å²) in [5.74, 6) is 1.23. The van der Waals surface area contributed by atoms with E-state index in [0.717, 1.165) is 27.7 Å². The number of hydrogen-bond acceptors (Lipinski definition) is 4. The summed E-state index contributed by atoms with van der Waals surface area (Å²) in [5.41, 5.74) is 4.80. The van der Waals surface area contributed by atoms with Crippen molar-refractivity contribution >= 4 is 22.5 Å². The van der Waals surface area contributed by atoms with Crippen molar-refractivity contribution in [1.29, 1.82) is 0 Å². The zero-order valence-electron chi connectivity index (χ0n) is 15.8. The molecule has 5 rings (SSSR count). The first-order valence-electron chi connectivity index (χ1n) is 9.35. The molecule has 142 valence electrons. The number of aryl methyl sites for hydroxylation is 1. The molecule has 3 aromatic carbocycles. The van der Waals surface area contributed by atoms with E-state index < -0.39 is 0 Å². The van der Waals surface area contributed by atoms with Gasteiger partial charge in [0, 0.05) is 16.6 Å². The maximum atomic E-state index is 13.1. The topological polar surface area (TPSA) is 60.5 Å². The van der Waals surface area contributed by atoms with Crippen LogP contribution in [0.5, 0.6) is 11.5 Å². The zero-order valence-corrected chi connectivity index (χ0v) is 15.8. The van der Waals surface area contributed by atoms with Gasteiger partial charge in [0.15, 0.2) is 11.5 Å². The summed E-state index contributed by atoms with van der Waals surface area (Å²) in [6, 6.07) is 22.9. The molecule has 1 aromatic heterocycles. The highest BCUT2D eigenvalue weighted by Gasteiger charge is 2.17. The van der Waals surface area contributed by atoms with Gasteiger partial charge in [-0.25, -0.2) is 4.98 Å². The Bertz CT molecular complexity index is 1230. The second-order valence-electron chi connectivity index (χ2n) is 6.96. The molecule has 0 saturated carbocycles. The predicted molar refractivity (Wildman–Crippen MR) is 112 cm³/mol. The lowest BCUT2D eigenvalue weighted by Crippen LogP contribution is -2.13. The molecular formula is C24H18N2O3. The summed E-state index contributed by atoms with van der Waals surface area (Å²) in [5, 5.41) is 3.79. The van der Waals surface area contributed by atoms with Crippen LogP contribution in [0.1, 0.15) is 15.9 Å². The van der Waals surface area contributed by atoms with Crippen LogP contribution in [0.15, 0.2) is 72.8 Å². The third-order valence-corrected chi connectivity index (χ3v) is 4.94. The third-order valence-electron chi connectivity index (χ3n) is 4.94. The van der Waals surface area contributed by atoms with Gasteiger partial charge in [-0.3, -0.25) is 4.79 Å². The number of aromatic nitrogens is 1. The monoisotopic (exact) mass is 382 g/mol. The van der Waals surface area contributed by atoms with Crippen molar-refractivity contribution < 1.29 is 14.3 Å². The molecule has 4 aromatic rings. The Morgan fingerprint density at radius 3 is 2.59 bits per heavy atom.